The van der Waals surface area contributed by atoms with Crippen LogP contribution in [0.4, 0.5) is 9.18 Å². The number of methoxy groups -OCH3 is 1. The fraction of sp³-hybridized carbons (Fsp3) is 0.115. The number of carbonyl (C=O) groups is 3. The van der Waals surface area contributed by atoms with Crippen LogP contribution in [0.3, 0.4) is 0 Å². The van der Waals surface area contributed by atoms with E-state index in [1.165, 1.54) is 19.2 Å². The van der Waals surface area contributed by atoms with Crippen molar-refractivity contribution in [2.75, 3.05) is 13.7 Å². The molecule has 0 aromatic heterocycles. The molecule has 1 aliphatic rings. The van der Waals surface area contributed by atoms with Crippen molar-refractivity contribution in [3.63, 3.8) is 0 Å². The summed E-state index contributed by atoms with van der Waals surface area (Å²) in [6.45, 7) is -0.0875. The number of ether oxygens (including phenoxy) is 2. The molecule has 0 saturated carbocycles. The Bertz CT molecular complexity index is 1260. The van der Waals surface area contributed by atoms with E-state index in [1.807, 2.05) is 0 Å². The first-order valence-electron chi connectivity index (χ1n) is 10.3. The summed E-state index contributed by atoms with van der Waals surface area (Å²) in [7, 11) is 1.49. The van der Waals surface area contributed by atoms with Crippen molar-refractivity contribution in [2.45, 2.75) is 6.61 Å². The first-order chi connectivity index (χ1) is 16.4. The van der Waals surface area contributed by atoms with E-state index in [1.54, 1.807) is 66.7 Å². The van der Waals surface area contributed by atoms with Crippen molar-refractivity contribution in [3.8, 4) is 11.5 Å². The fourth-order valence-electron chi connectivity index (χ4n) is 3.28. The number of imide groups is 1. The molecule has 1 heterocycles. The van der Waals surface area contributed by atoms with Gasteiger partial charge in [0.1, 0.15) is 12.4 Å². The van der Waals surface area contributed by atoms with E-state index in [4.69, 9.17) is 9.47 Å². The van der Waals surface area contributed by atoms with Crippen LogP contribution in [-0.4, -0.2) is 35.5 Å². The molecule has 0 bridgehead atoms. The van der Waals surface area contributed by atoms with E-state index in [9.17, 15) is 18.8 Å². The molecule has 34 heavy (non-hydrogen) atoms. The van der Waals surface area contributed by atoms with Crippen LogP contribution < -0.4 is 9.47 Å². The highest BCUT2D eigenvalue weighted by atomic mass is 32.2. The Hall–Kier alpha value is -3.91. The lowest BCUT2D eigenvalue weighted by molar-refractivity contribution is -0.122. The molecule has 6 nitrogen and oxygen atoms in total. The minimum atomic E-state index is -0.519. The Morgan fingerprint density at radius 3 is 2.44 bits per heavy atom. The summed E-state index contributed by atoms with van der Waals surface area (Å²) >= 11 is 0.784. The molecule has 3 aromatic carbocycles. The topological polar surface area (TPSA) is 72.9 Å². The Morgan fingerprint density at radius 2 is 1.74 bits per heavy atom. The number of halogens is 1. The Labute approximate surface area is 200 Å². The van der Waals surface area contributed by atoms with Crippen molar-refractivity contribution >= 4 is 34.8 Å². The van der Waals surface area contributed by atoms with Gasteiger partial charge in [0, 0.05) is 5.56 Å². The van der Waals surface area contributed by atoms with Crippen LogP contribution in [-0.2, 0) is 11.4 Å². The third-order valence-electron chi connectivity index (χ3n) is 5.06. The SMILES string of the molecule is COc1cc(C=C2SC(=O)N(CC(=O)c3ccccc3)C2=O)ccc1OCc1ccc(F)cc1. The van der Waals surface area contributed by atoms with Crippen LogP contribution in [0.5, 0.6) is 11.5 Å². The molecule has 3 aromatic rings. The Morgan fingerprint density at radius 1 is 1.00 bits per heavy atom. The lowest BCUT2D eigenvalue weighted by Gasteiger charge is -2.12. The normalized spacial score (nSPS) is 14.5. The molecule has 0 spiro atoms. The molecule has 8 heteroatoms. The van der Waals surface area contributed by atoms with E-state index in [0.29, 0.717) is 22.6 Å². The zero-order chi connectivity index (χ0) is 24.1. The number of ketones is 1. The molecule has 0 N–H and O–H groups in total. The van der Waals surface area contributed by atoms with Gasteiger partial charge >= 0.3 is 0 Å². The highest BCUT2D eigenvalue weighted by Crippen LogP contribution is 2.35. The van der Waals surface area contributed by atoms with Crippen molar-refractivity contribution in [1.29, 1.82) is 0 Å². The standard InChI is InChI=1S/C26H20FNO5S/c1-32-23-13-18(9-12-22(23)33-16-17-7-10-20(27)11-8-17)14-24-25(30)28(26(31)34-24)15-21(29)19-5-3-2-4-6-19/h2-14H,15-16H2,1H3. The highest BCUT2D eigenvalue weighted by Gasteiger charge is 2.36. The Balaban J connectivity index is 1.46. The molecule has 172 valence electrons. The number of carbonyl (C=O) groups excluding carboxylic acids is 3. The summed E-state index contributed by atoms with van der Waals surface area (Å²) in [5.74, 6) is -0.234. The molecule has 4 rings (SSSR count). The Kier molecular flexibility index (Phi) is 7.08. The second-order valence-corrected chi connectivity index (χ2v) is 8.38. The number of hydrogen-bond donors (Lipinski definition) is 0. The molecule has 0 radical (unpaired) electrons. The van der Waals surface area contributed by atoms with E-state index in [-0.39, 0.29) is 29.7 Å². The maximum Gasteiger partial charge on any atom is 0.293 e. The zero-order valence-electron chi connectivity index (χ0n) is 18.2. The lowest BCUT2D eigenvalue weighted by atomic mass is 10.1. The van der Waals surface area contributed by atoms with Gasteiger partial charge in [-0.1, -0.05) is 48.5 Å². The average Bonchev–Trinajstić information content (AvgIpc) is 3.11. The minimum absolute atomic E-state index is 0.216. The third kappa shape index (κ3) is 5.35. The quantitative estimate of drug-likeness (QED) is 0.322. The first-order valence-corrected chi connectivity index (χ1v) is 11.1. The number of rotatable bonds is 8. The number of benzene rings is 3. The number of thioether (sulfide) groups is 1. The van der Waals surface area contributed by atoms with Crippen LogP contribution in [0.15, 0.2) is 77.7 Å². The molecule has 2 amide bonds. The summed E-state index contributed by atoms with van der Waals surface area (Å²) < 4.78 is 24.2. The second-order valence-electron chi connectivity index (χ2n) is 7.38. The van der Waals surface area contributed by atoms with Crippen molar-refractivity contribution < 1.29 is 28.2 Å². The van der Waals surface area contributed by atoms with Crippen molar-refractivity contribution in [3.05, 3.63) is 100 Å². The molecule has 0 atom stereocenters. The molecule has 0 aliphatic carbocycles. The fourth-order valence-corrected chi connectivity index (χ4v) is 4.12. The van der Waals surface area contributed by atoms with Crippen LogP contribution in [0, 0.1) is 5.82 Å². The smallest absolute Gasteiger partial charge is 0.293 e. The zero-order valence-corrected chi connectivity index (χ0v) is 19.0. The summed E-state index contributed by atoms with van der Waals surface area (Å²) in [6, 6.07) is 19.6. The largest absolute Gasteiger partial charge is 0.493 e. The van der Waals surface area contributed by atoms with Crippen LogP contribution in [0.2, 0.25) is 0 Å². The van der Waals surface area contributed by atoms with E-state index >= 15 is 0 Å². The average molecular weight is 478 g/mol. The highest BCUT2D eigenvalue weighted by molar-refractivity contribution is 8.18. The molecular formula is C26H20FNO5S. The first kappa shape index (κ1) is 23.3. The van der Waals surface area contributed by atoms with Gasteiger partial charge in [0.25, 0.3) is 11.1 Å². The maximum atomic E-state index is 13.1. The van der Waals surface area contributed by atoms with Gasteiger partial charge in [-0.3, -0.25) is 19.3 Å². The van der Waals surface area contributed by atoms with Crippen LogP contribution >= 0.6 is 11.8 Å². The van der Waals surface area contributed by atoms with Gasteiger partial charge in [-0.05, 0) is 53.2 Å². The minimum Gasteiger partial charge on any atom is -0.493 e. The molecule has 1 saturated heterocycles. The molecule has 0 unspecified atom stereocenters. The molecule has 1 aliphatic heterocycles. The monoisotopic (exact) mass is 477 g/mol. The van der Waals surface area contributed by atoms with Crippen molar-refractivity contribution in [2.24, 2.45) is 0 Å². The number of hydrogen-bond acceptors (Lipinski definition) is 6. The summed E-state index contributed by atoms with van der Waals surface area (Å²) in [5.41, 5.74) is 1.86. The second kappa shape index (κ2) is 10.4. The van der Waals surface area contributed by atoms with Gasteiger partial charge in [-0.25, -0.2) is 4.39 Å². The van der Waals surface area contributed by atoms with Gasteiger partial charge in [0.15, 0.2) is 17.3 Å². The van der Waals surface area contributed by atoms with Crippen LogP contribution in [0.1, 0.15) is 21.5 Å². The van der Waals surface area contributed by atoms with E-state index in [2.05, 4.69) is 0 Å². The van der Waals surface area contributed by atoms with Crippen molar-refractivity contribution in [1.82, 2.24) is 4.90 Å². The van der Waals surface area contributed by atoms with E-state index in [0.717, 1.165) is 22.2 Å². The lowest BCUT2D eigenvalue weighted by Crippen LogP contribution is -2.33. The van der Waals surface area contributed by atoms with Gasteiger partial charge < -0.3 is 9.47 Å². The maximum absolute atomic E-state index is 13.1. The predicted molar refractivity (Wildman–Crippen MR) is 127 cm³/mol. The number of Topliss-reactive ketones (excluding diaryl/α,β-unsaturated/α-hetero) is 1. The summed E-state index contributed by atoms with van der Waals surface area (Å²) in [4.78, 5) is 38.7. The van der Waals surface area contributed by atoms with Gasteiger partial charge in [0.05, 0.1) is 18.6 Å². The van der Waals surface area contributed by atoms with Crippen LogP contribution in [0.25, 0.3) is 6.08 Å². The third-order valence-corrected chi connectivity index (χ3v) is 5.97. The molecule has 1 fully saturated rings. The molecular weight excluding hydrogens is 457 g/mol. The summed E-state index contributed by atoms with van der Waals surface area (Å²) in [5, 5.41) is -0.494. The predicted octanol–water partition coefficient (Wildman–Crippen LogP) is 5.33. The number of amides is 2. The summed E-state index contributed by atoms with van der Waals surface area (Å²) in [6.07, 6.45) is 1.57. The van der Waals surface area contributed by atoms with Gasteiger partial charge in [-0.15, -0.1) is 0 Å². The van der Waals surface area contributed by atoms with Gasteiger partial charge in [0.2, 0.25) is 0 Å². The van der Waals surface area contributed by atoms with E-state index < -0.39 is 11.1 Å². The van der Waals surface area contributed by atoms with Gasteiger partial charge in [-0.2, -0.15) is 0 Å². The number of nitrogens with zero attached hydrogens (tertiary/aromatic N) is 1.